The Hall–Kier alpha value is -7.74. The fourth-order valence-corrected chi connectivity index (χ4v) is 9.30. The van der Waals surface area contributed by atoms with Crippen molar-refractivity contribution >= 4 is 138 Å². The van der Waals surface area contributed by atoms with Crippen molar-refractivity contribution in [2.75, 3.05) is 68.9 Å². The van der Waals surface area contributed by atoms with Crippen molar-refractivity contribution in [2.45, 2.75) is 119 Å². The highest BCUT2D eigenvalue weighted by Gasteiger charge is 2.23. The maximum Gasteiger partial charge on any atom is 0.227 e. The molecule has 84 heavy (non-hydrogen) atoms. The Labute approximate surface area is 503 Å². The van der Waals surface area contributed by atoms with Gasteiger partial charge in [0.1, 0.15) is 0 Å². The predicted octanol–water partition coefficient (Wildman–Crippen LogP) is 11.4. The molecule has 6 heterocycles. The maximum atomic E-state index is 9.66. The maximum absolute atomic E-state index is 9.66. The Kier molecular flexibility index (Phi) is 21.4. The molecule has 3 aromatic carbocycles. The first kappa shape index (κ1) is 63.8. The Bertz CT molecular complexity index is 3220. The number of nitrogens with one attached hydrogen (secondary N) is 6. The van der Waals surface area contributed by atoms with Crippen LogP contribution < -0.4 is 49.1 Å². The van der Waals surface area contributed by atoms with Gasteiger partial charge in [-0.05, 0) is 114 Å². The van der Waals surface area contributed by atoms with E-state index < -0.39 is 0 Å². The van der Waals surface area contributed by atoms with E-state index in [1.165, 1.54) is 0 Å². The molecule has 0 bridgehead atoms. The molecule has 24 nitrogen and oxygen atoms in total. The predicted molar refractivity (Wildman–Crippen MR) is 343 cm³/mol. The molecular formula is C57H78Cl3N21O3. The van der Waals surface area contributed by atoms with Crippen molar-refractivity contribution in [3.8, 4) is 0 Å². The van der Waals surface area contributed by atoms with Crippen molar-refractivity contribution in [1.29, 1.82) is 0 Å². The van der Waals surface area contributed by atoms with Crippen LogP contribution in [0.2, 0.25) is 15.1 Å². The number of nitrogens with two attached hydrogens (primary N) is 3. The van der Waals surface area contributed by atoms with Crippen LogP contribution in [0.5, 0.6) is 0 Å². The van der Waals surface area contributed by atoms with Gasteiger partial charge in [0, 0.05) is 67.3 Å². The molecule has 0 aliphatic heterocycles. The van der Waals surface area contributed by atoms with Gasteiger partial charge >= 0.3 is 0 Å². The monoisotopic (exact) mass is 1210 g/mol. The number of fused-ring (bicyclic) bond motifs is 3. The van der Waals surface area contributed by atoms with E-state index in [0.29, 0.717) is 118 Å². The van der Waals surface area contributed by atoms with Gasteiger partial charge in [-0.2, -0.15) is 29.9 Å². The van der Waals surface area contributed by atoms with Crippen LogP contribution in [-0.4, -0.2) is 112 Å². The molecule has 27 heteroatoms. The highest BCUT2D eigenvalue weighted by Crippen LogP contribution is 2.33. The van der Waals surface area contributed by atoms with E-state index in [4.69, 9.17) is 52.0 Å². The first-order valence-corrected chi connectivity index (χ1v) is 28.8. The van der Waals surface area contributed by atoms with Crippen LogP contribution in [0, 0.1) is 17.8 Å². The van der Waals surface area contributed by atoms with Gasteiger partial charge in [0.2, 0.25) is 17.8 Å². The summed E-state index contributed by atoms with van der Waals surface area (Å²) in [6.07, 6.45) is 5.24. The molecule has 450 valence electrons. The van der Waals surface area contributed by atoms with E-state index in [1.54, 1.807) is 73.6 Å². The number of aliphatic hydroxyl groups excluding tert-OH is 3. The lowest BCUT2D eigenvalue weighted by molar-refractivity contribution is 0.248. The third-order valence-corrected chi connectivity index (χ3v) is 14.1. The minimum Gasteiger partial charge on any atom is -0.399 e. The minimum atomic E-state index is -0.164. The van der Waals surface area contributed by atoms with Crippen LogP contribution in [-0.2, 0) is 0 Å². The Morgan fingerprint density at radius 1 is 0.393 bits per heavy atom. The second-order valence-corrected chi connectivity index (χ2v) is 23.5. The second-order valence-electron chi connectivity index (χ2n) is 22.2. The number of halogens is 3. The fourth-order valence-electron chi connectivity index (χ4n) is 8.57. The van der Waals surface area contributed by atoms with Crippen molar-refractivity contribution < 1.29 is 15.3 Å². The summed E-state index contributed by atoms with van der Waals surface area (Å²) in [6, 6.07) is 15.7. The first-order chi connectivity index (χ1) is 39.8. The Morgan fingerprint density at radius 3 is 0.845 bits per heavy atom. The van der Waals surface area contributed by atoms with E-state index >= 15 is 0 Å². The molecule has 6 aromatic heterocycles. The summed E-state index contributed by atoms with van der Waals surface area (Å²) >= 11 is 18.4. The molecule has 9 rings (SSSR count). The van der Waals surface area contributed by atoms with Gasteiger partial charge in [-0.3, -0.25) is 0 Å². The number of hydrogen-bond acceptors (Lipinski definition) is 21. The molecule has 0 aliphatic carbocycles. The van der Waals surface area contributed by atoms with Gasteiger partial charge in [-0.1, -0.05) is 76.3 Å². The number of anilines is 12. The van der Waals surface area contributed by atoms with Gasteiger partial charge in [-0.25, -0.2) is 15.0 Å². The topological polar surface area (TPSA) is 342 Å². The average Bonchev–Trinajstić information content (AvgIpc) is 2.50. The van der Waals surface area contributed by atoms with Gasteiger partial charge in [0.05, 0.1) is 56.9 Å². The zero-order valence-corrected chi connectivity index (χ0v) is 51.6. The number of hydrogen-bond donors (Lipinski definition) is 12. The summed E-state index contributed by atoms with van der Waals surface area (Å²) in [5, 5.41) is 50.0. The number of aromatic nitrogens is 12. The molecule has 0 amide bonds. The summed E-state index contributed by atoms with van der Waals surface area (Å²) in [6.45, 7) is 24.5. The summed E-state index contributed by atoms with van der Waals surface area (Å²) in [5.74, 6) is 3.49. The number of aliphatic hydroxyl groups is 3. The fraction of sp³-hybridized carbons (Fsp3) is 0.421. The molecule has 0 aliphatic rings. The number of imidazole rings is 3. The van der Waals surface area contributed by atoms with Crippen molar-refractivity contribution in [2.24, 2.45) is 17.8 Å². The zero-order chi connectivity index (χ0) is 61.3. The van der Waals surface area contributed by atoms with Crippen molar-refractivity contribution in [1.82, 2.24) is 58.6 Å². The van der Waals surface area contributed by atoms with E-state index in [0.717, 1.165) is 0 Å². The molecule has 0 saturated heterocycles. The molecule has 0 radical (unpaired) electrons. The summed E-state index contributed by atoms with van der Waals surface area (Å²) in [7, 11) is 0. The third kappa shape index (κ3) is 16.1. The summed E-state index contributed by atoms with van der Waals surface area (Å²) in [4.78, 5) is 41.2. The van der Waals surface area contributed by atoms with Gasteiger partial charge in [0.25, 0.3) is 0 Å². The smallest absolute Gasteiger partial charge is 0.227 e. The van der Waals surface area contributed by atoms with Crippen LogP contribution in [0.3, 0.4) is 0 Å². The molecule has 3 atom stereocenters. The van der Waals surface area contributed by atoms with E-state index in [1.807, 2.05) is 55.2 Å². The van der Waals surface area contributed by atoms with Crippen LogP contribution >= 0.6 is 34.8 Å². The minimum absolute atomic E-state index is 0.0178. The lowest BCUT2D eigenvalue weighted by atomic mass is 10.1. The second kappa shape index (κ2) is 28.2. The molecular weight excluding hydrogens is 1130 g/mol. The highest BCUT2D eigenvalue weighted by atomic mass is 35.5. The van der Waals surface area contributed by atoms with E-state index in [9.17, 15) is 15.3 Å². The summed E-state index contributed by atoms with van der Waals surface area (Å²) < 4.78 is 5.93. The van der Waals surface area contributed by atoms with Crippen molar-refractivity contribution in [3.05, 3.63) is 88.6 Å². The zero-order valence-electron chi connectivity index (χ0n) is 49.3. The normalized spacial score (nSPS) is 12.7. The number of rotatable bonds is 21. The SMILES string of the molecule is CC(C)[C@H](CO)Nc1nc(Nc2cc(N)cc(Cl)c2)c2ncn(C(C)C)c2n1.CC(C)[C@H](CO)Nc1nc(Nc2cc(N)cc(Cl)c2)c2ncn(C(C)C)c2n1.CC(C)[C@H](CO)Nc1nc(Nc2cc(N)cc(Cl)c2)c2ncn(C(C)C)c2n1. The highest BCUT2D eigenvalue weighted by molar-refractivity contribution is 6.32. The molecule has 15 N–H and O–H groups in total. The van der Waals surface area contributed by atoms with Crippen LogP contribution in [0.15, 0.2) is 73.6 Å². The quantitative estimate of drug-likeness (QED) is 0.0297. The molecule has 0 saturated carbocycles. The van der Waals surface area contributed by atoms with Crippen LogP contribution in [0.1, 0.15) is 101 Å². The van der Waals surface area contributed by atoms with Gasteiger partial charge in [0.15, 0.2) is 50.9 Å². The number of nitrogen functional groups attached to an aromatic ring is 3. The molecule has 0 spiro atoms. The van der Waals surface area contributed by atoms with Crippen molar-refractivity contribution in [3.63, 3.8) is 0 Å². The van der Waals surface area contributed by atoms with E-state index in [2.05, 4.69) is 118 Å². The number of benzene rings is 3. The summed E-state index contributed by atoms with van der Waals surface area (Å²) in [5.41, 5.74) is 25.5. The molecule has 9 aromatic rings. The van der Waals surface area contributed by atoms with Crippen LogP contribution in [0.4, 0.5) is 69.4 Å². The standard InChI is InChI=1S/3C19H26ClN7O/c3*1-10(2)15(8-28)24-19-25-17(23-14-6-12(20)5-13(21)7-14)16-18(26-19)27(9-22-16)11(3)4/h3*5-7,9-11,15,28H,8,21H2,1-4H3,(H2,23,24,25,26)/t3*15-/m000/s1. The lowest BCUT2D eigenvalue weighted by Crippen LogP contribution is -2.30. The Balaban J connectivity index is 0.000000181. The first-order valence-electron chi connectivity index (χ1n) is 27.7. The average molecular weight is 1210 g/mol. The van der Waals surface area contributed by atoms with Crippen LogP contribution in [0.25, 0.3) is 33.5 Å². The molecule has 0 unspecified atom stereocenters. The van der Waals surface area contributed by atoms with E-state index in [-0.39, 0.29) is 73.8 Å². The molecule has 0 fully saturated rings. The lowest BCUT2D eigenvalue weighted by Gasteiger charge is -2.20. The van der Waals surface area contributed by atoms with Gasteiger partial charge < -0.3 is 78.1 Å². The number of nitrogens with zero attached hydrogens (tertiary/aromatic N) is 12. The largest absolute Gasteiger partial charge is 0.399 e. The van der Waals surface area contributed by atoms with Gasteiger partial charge in [-0.15, -0.1) is 0 Å². The Morgan fingerprint density at radius 2 is 0.643 bits per heavy atom. The third-order valence-electron chi connectivity index (χ3n) is 13.4.